The van der Waals surface area contributed by atoms with Gasteiger partial charge in [0.2, 0.25) is 0 Å². The Morgan fingerprint density at radius 2 is 2.00 bits per heavy atom. The molecule has 1 saturated carbocycles. The monoisotopic (exact) mass is 454 g/mol. The molecule has 3 heterocycles. The van der Waals surface area contributed by atoms with Crippen LogP contribution in [0.15, 0.2) is 34.8 Å². The molecule has 1 unspecified atom stereocenters. The first-order valence-corrected chi connectivity index (χ1v) is 10.8. The highest BCUT2D eigenvalue weighted by molar-refractivity contribution is 9.10. The lowest BCUT2D eigenvalue weighted by molar-refractivity contribution is -0.0227. The highest BCUT2D eigenvalue weighted by Crippen LogP contribution is 2.40. The minimum Gasteiger partial charge on any atom is -0.370 e. The molecule has 0 N–H and O–H groups in total. The molecular weight excluding hydrogens is 432 g/mol. The van der Waals surface area contributed by atoms with Crippen LogP contribution in [-0.2, 0) is 11.8 Å². The summed E-state index contributed by atoms with van der Waals surface area (Å²) in [5.74, 6) is 0.516. The number of benzene rings is 1. The van der Waals surface area contributed by atoms with Gasteiger partial charge >= 0.3 is 0 Å². The van der Waals surface area contributed by atoms with Crippen molar-refractivity contribution in [2.24, 2.45) is 7.05 Å². The minimum atomic E-state index is -0.115. The fourth-order valence-electron chi connectivity index (χ4n) is 4.10. The Labute approximate surface area is 178 Å². The van der Waals surface area contributed by atoms with Crippen molar-refractivity contribution in [3.05, 3.63) is 57.3 Å². The van der Waals surface area contributed by atoms with Crippen molar-refractivity contribution < 1.29 is 9.53 Å². The maximum atomic E-state index is 13.6. The average molecular weight is 455 g/mol. The molecule has 1 aliphatic heterocycles. The molecule has 1 aromatic carbocycles. The number of hydrogen-bond acceptors (Lipinski definition) is 4. The predicted molar refractivity (Wildman–Crippen MR) is 114 cm³/mol. The van der Waals surface area contributed by atoms with E-state index in [-0.39, 0.29) is 12.0 Å². The molecule has 1 saturated heterocycles. The SMILES string of the molecule is Cc1nn(C)c2nc(C3CC3)cc(C(=O)N3CCOC(c4ccc(Br)cc4)C3)c12. The molecule has 0 radical (unpaired) electrons. The lowest BCUT2D eigenvalue weighted by atomic mass is 10.0. The molecule has 5 rings (SSSR count). The number of pyridine rings is 1. The van der Waals surface area contributed by atoms with Crippen LogP contribution in [0.2, 0.25) is 0 Å². The van der Waals surface area contributed by atoms with Crippen LogP contribution in [0.25, 0.3) is 11.0 Å². The van der Waals surface area contributed by atoms with E-state index in [9.17, 15) is 4.79 Å². The van der Waals surface area contributed by atoms with E-state index >= 15 is 0 Å². The first-order chi connectivity index (χ1) is 14.0. The molecule has 2 aromatic heterocycles. The number of carbonyl (C=O) groups is 1. The Balaban J connectivity index is 1.49. The largest absolute Gasteiger partial charge is 0.370 e. The zero-order valence-electron chi connectivity index (χ0n) is 16.6. The molecule has 3 aromatic rings. The van der Waals surface area contributed by atoms with Gasteiger partial charge in [0, 0.05) is 29.7 Å². The van der Waals surface area contributed by atoms with E-state index in [1.165, 1.54) is 0 Å². The lowest BCUT2D eigenvalue weighted by Crippen LogP contribution is -2.42. The van der Waals surface area contributed by atoms with E-state index < -0.39 is 0 Å². The summed E-state index contributed by atoms with van der Waals surface area (Å²) in [7, 11) is 1.89. The average Bonchev–Trinajstić information content (AvgIpc) is 3.54. The highest BCUT2D eigenvalue weighted by atomic mass is 79.9. The number of aromatic nitrogens is 3. The Hall–Kier alpha value is -2.25. The highest BCUT2D eigenvalue weighted by Gasteiger charge is 2.31. The molecule has 1 atom stereocenters. The lowest BCUT2D eigenvalue weighted by Gasteiger charge is -2.33. The number of hydrogen-bond donors (Lipinski definition) is 0. The van der Waals surface area contributed by atoms with Crippen LogP contribution in [0.5, 0.6) is 0 Å². The Bertz CT molecular complexity index is 1090. The molecule has 150 valence electrons. The van der Waals surface area contributed by atoms with Gasteiger partial charge in [-0.25, -0.2) is 4.98 Å². The molecule has 2 fully saturated rings. The third-order valence-corrected chi connectivity index (χ3v) is 6.34. The Morgan fingerprint density at radius 3 is 2.72 bits per heavy atom. The molecule has 29 heavy (non-hydrogen) atoms. The summed E-state index contributed by atoms with van der Waals surface area (Å²) in [6.45, 7) is 3.61. The molecule has 7 heteroatoms. The molecule has 0 bridgehead atoms. The van der Waals surface area contributed by atoms with Gasteiger partial charge in [0.25, 0.3) is 5.91 Å². The second-order valence-electron chi connectivity index (χ2n) is 7.94. The first-order valence-electron chi connectivity index (χ1n) is 10.0. The van der Waals surface area contributed by atoms with Gasteiger partial charge in [-0.15, -0.1) is 0 Å². The first kappa shape index (κ1) is 18.8. The third kappa shape index (κ3) is 3.46. The van der Waals surface area contributed by atoms with E-state index in [0.717, 1.165) is 50.9 Å². The van der Waals surface area contributed by atoms with Gasteiger partial charge in [-0.05, 0) is 43.5 Å². The van der Waals surface area contributed by atoms with Crippen LogP contribution in [0, 0.1) is 6.92 Å². The number of nitrogens with zero attached hydrogens (tertiary/aromatic N) is 4. The van der Waals surface area contributed by atoms with Crippen molar-refractivity contribution >= 4 is 32.9 Å². The van der Waals surface area contributed by atoms with Gasteiger partial charge < -0.3 is 9.64 Å². The van der Waals surface area contributed by atoms with Crippen molar-refractivity contribution in [3.8, 4) is 0 Å². The fourth-order valence-corrected chi connectivity index (χ4v) is 4.37. The summed E-state index contributed by atoms with van der Waals surface area (Å²) in [5, 5.41) is 5.39. The summed E-state index contributed by atoms with van der Waals surface area (Å²) in [4.78, 5) is 20.3. The van der Waals surface area contributed by atoms with Crippen LogP contribution >= 0.6 is 15.9 Å². The van der Waals surface area contributed by atoms with Crippen LogP contribution in [0.1, 0.15) is 52.2 Å². The number of ether oxygens (including phenoxy) is 1. The normalized spacial score (nSPS) is 19.7. The summed E-state index contributed by atoms with van der Waals surface area (Å²) in [5.41, 5.74) is 4.47. The van der Waals surface area contributed by atoms with Crippen LogP contribution in [0.3, 0.4) is 0 Å². The Morgan fingerprint density at radius 1 is 1.24 bits per heavy atom. The number of aryl methyl sites for hydroxylation is 2. The maximum Gasteiger partial charge on any atom is 0.254 e. The maximum absolute atomic E-state index is 13.6. The van der Waals surface area contributed by atoms with Gasteiger partial charge in [0.1, 0.15) is 6.10 Å². The van der Waals surface area contributed by atoms with E-state index in [0.29, 0.717) is 25.6 Å². The van der Waals surface area contributed by atoms with Crippen molar-refractivity contribution in [2.75, 3.05) is 19.7 Å². The number of morpholine rings is 1. The Kier molecular flexibility index (Phi) is 4.67. The van der Waals surface area contributed by atoms with Gasteiger partial charge in [-0.3, -0.25) is 9.48 Å². The standard InChI is InChI=1S/C22H23BrN4O2/c1-13-20-17(11-18(14-3-4-14)24-21(20)26(2)25-13)22(28)27-9-10-29-19(12-27)15-5-7-16(23)8-6-15/h5-8,11,14,19H,3-4,9-10,12H2,1-2H3. The summed E-state index contributed by atoms with van der Waals surface area (Å²) < 4.78 is 8.79. The van der Waals surface area contributed by atoms with Crippen LogP contribution in [0.4, 0.5) is 0 Å². The van der Waals surface area contributed by atoms with Gasteiger partial charge in [0.15, 0.2) is 5.65 Å². The minimum absolute atomic E-state index is 0.0424. The number of rotatable bonds is 3. The fraction of sp³-hybridized carbons (Fsp3) is 0.409. The zero-order chi connectivity index (χ0) is 20.1. The van der Waals surface area contributed by atoms with Crippen molar-refractivity contribution in [3.63, 3.8) is 0 Å². The number of amides is 1. The third-order valence-electron chi connectivity index (χ3n) is 5.81. The van der Waals surface area contributed by atoms with Crippen molar-refractivity contribution in [2.45, 2.75) is 31.8 Å². The summed E-state index contributed by atoms with van der Waals surface area (Å²) in [6.07, 6.45) is 2.18. The van der Waals surface area contributed by atoms with Crippen LogP contribution in [-0.4, -0.2) is 45.3 Å². The predicted octanol–water partition coefficient (Wildman–Crippen LogP) is 4.13. The smallest absolute Gasteiger partial charge is 0.254 e. The van der Waals surface area contributed by atoms with E-state index in [2.05, 4.69) is 21.0 Å². The molecule has 0 spiro atoms. The quantitative estimate of drug-likeness (QED) is 0.596. The van der Waals surface area contributed by atoms with Gasteiger partial charge in [-0.1, -0.05) is 28.1 Å². The molecule has 1 amide bonds. The summed E-state index contributed by atoms with van der Waals surface area (Å²) >= 11 is 3.47. The number of carbonyl (C=O) groups excluding carboxylic acids is 1. The number of fused-ring (bicyclic) bond motifs is 1. The van der Waals surface area contributed by atoms with Gasteiger partial charge in [0.05, 0.1) is 29.8 Å². The van der Waals surface area contributed by atoms with Crippen molar-refractivity contribution in [1.29, 1.82) is 0 Å². The van der Waals surface area contributed by atoms with Gasteiger partial charge in [-0.2, -0.15) is 5.10 Å². The van der Waals surface area contributed by atoms with E-state index in [1.807, 2.05) is 49.2 Å². The molecular formula is C22H23BrN4O2. The molecule has 1 aliphatic carbocycles. The van der Waals surface area contributed by atoms with Crippen molar-refractivity contribution in [1.82, 2.24) is 19.7 Å². The summed E-state index contributed by atoms with van der Waals surface area (Å²) in [6, 6.07) is 10.1. The topological polar surface area (TPSA) is 60.2 Å². The van der Waals surface area contributed by atoms with E-state index in [4.69, 9.17) is 9.72 Å². The second kappa shape index (κ2) is 7.22. The van der Waals surface area contributed by atoms with Crippen LogP contribution < -0.4 is 0 Å². The number of halogens is 1. The zero-order valence-corrected chi connectivity index (χ0v) is 18.1. The second-order valence-corrected chi connectivity index (χ2v) is 8.85. The molecule has 6 nitrogen and oxygen atoms in total. The molecule has 2 aliphatic rings. The van der Waals surface area contributed by atoms with E-state index in [1.54, 1.807) is 4.68 Å².